The second-order valence-corrected chi connectivity index (χ2v) is 7.01. The summed E-state index contributed by atoms with van der Waals surface area (Å²) in [5, 5.41) is 3.60. The van der Waals surface area contributed by atoms with Crippen molar-refractivity contribution in [2.24, 2.45) is 0 Å². The van der Waals surface area contributed by atoms with Crippen LogP contribution >= 0.6 is 0 Å². The van der Waals surface area contributed by atoms with Gasteiger partial charge in [0.15, 0.2) is 0 Å². The molecule has 4 heterocycles. The fourth-order valence-electron chi connectivity index (χ4n) is 4.23. The number of likely N-dealkylation sites (tertiary alicyclic amines) is 1. The Morgan fingerprint density at radius 1 is 1.07 bits per heavy atom. The molecular formula is C20H17N5O3. The third kappa shape index (κ3) is 2.34. The molecule has 0 radical (unpaired) electrons. The summed E-state index contributed by atoms with van der Waals surface area (Å²) in [6.07, 6.45) is 7.28. The van der Waals surface area contributed by atoms with Gasteiger partial charge in [0, 0.05) is 19.2 Å². The van der Waals surface area contributed by atoms with Gasteiger partial charge in [-0.2, -0.15) is 0 Å². The lowest BCUT2D eigenvalue weighted by molar-refractivity contribution is -0.124. The van der Waals surface area contributed by atoms with Gasteiger partial charge in [-0.25, -0.2) is 9.97 Å². The van der Waals surface area contributed by atoms with Crippen LogP contribution in [0.3, 0.4) is 0 Å². The maximum Gasteiger partial charge on any atom is 0.292 e. The lowest BCUT2D eigenvalue weighted by Crippen LogP contribution is -2.49. The summed E-state index contributed by atoms with van der Waals surface area (Å²) in [6, 6.07) is 9.38. The predicted molar refractivity (Wildman–Crippen MR) is 98.9 cm³/mol. The molecule has 2 aliphatic heterocycles. The first-order chi connectivity index (χ1) is 13.7. The average molecular weight is 375 g/mol. The Kier molecular flexibility index (Phi) is 3.71. The summed E-state index contributed by atoms with van der Waals surface area (Å²) in [5.41, 5.74) is 1.86. The van der Waals surface area contributed by atoms with Crippen molar-refractivity contribution in [3.8, 4) is 0 Å². The van der Waals surface area contributed by atoms with Gasteiger partial charge < -0.3 is 9.42 Å². The van der Waals surface area contributed by atoms with Crippen LogP contribution in [-0.2, 0) is 10.2 Å². The molecule has 0 saturated carbocycles. The number of fused-ring (bicyclic) bond motifs is 2. The molecule has 140 valence electrons. The lowest BCUT2D eigenvalue weighted by atomic mass is 9.73. The molecule has 3 aromatic rings. The standard InChI is InChI=1S/C20H17N5O3/c26-18(17-5-8-23-28-17)24-9-6-20(7-10-24)15-3-1-2-4-16(15)25(19(20)27)14-11-21-13-22-12-14/h1-5,8,11-13H,6-7,9-10H2. The number of carbonyl (C=O) groups is 2. The summed E-state index contributed by atoms with van der Waals surface area (Å²) in [4.78, 5) is 37.7. The van der Waals surface area contributed by atoms with Gasteiger partial charge in [0.2, 0.25) is 11.7 Å². The van der Waals surface area contributed by atoms with Crippen molar-refractivity contribution in [2.75, 3.05) is 18.0 Å². The van der Waals surface area contributed by atoms with Crippen LogP contribution in [0.25, 0.3) is 0 Å². The molecule has 1 aromatic carbocycles. The van der Waals surface area contributed by atoms with Crippen molar-refractivity contribution < 1.29 is 14.1 Å². The predicted octanol–water partition coefficient (Wildman–Crippen LogP) is 2.32. The summed E-state index contributed by atoms with van der Waals surface area (Å²) in [7, 11) is 0. The number of hydrogen-bond acceptors (Lipinski definition) is 6. The number of benzene rings is 1. The van der Waals surface area contributed by atoms with Crippen molar-refractivity contribution in [1.82, 2.24) is 20.0 Å². The van der Waals surface area contributed by atoms with Crippen LogP contribution < -0.4 is 4.90 Å². The summed E-state index contributed by atoms with van der Waals surface area (Å²) >= 11 is 0. The normalized spacial score (nSPS) is 17.8. The molecule has 0 aliphatic carbocycles. The second kappa shape index (κ2) is 6.26. The van der Waals surface area contributed by atoms with Crippen molar-refractivity contribution in [3.05, 3.63) is 66.6 Å². The topological polar surface area (TPSA) is 92.4 Å². The molecule has 28 heavy (non-hydrogen) atoms. The number of hydrogen-bond donors (Lipinski definition) is 0. The first-order valence-electron chi connectivity index (χ1n) is 9.10. The van der Waals surface area contributed by atoms with Gasteiger partial charge in [-0.15, -0.1) is 0 Å². The van der Waals surface area contributed by atoms with E-state index in [4.69, 9.17) is 4.52 Å². The Labute approximate surface area is 160 Å². The van der Waals surface area contributed by atoms with Crippen LogP contribution in [0.5, 0.6) is 0 Å². The Hall–Kier alpha value is -3.55. The van der Waals surface area contributed by atoms with Crippen LogP contribution in [0, 0.1) is 0 Å². The van der Waals surface area contributed by atoms with Gasteiger partial charge in [0.1, 0.15) is 6.33 Å². The minimum absolute atomic E-state index is 0.00950. The molecule has 2 aromatic heterocycles. The van der Waals surface area contributed by atoms with Gasteiger partial charge in [0.05, 0.1) is 35.4 Å². The number of rotatable bonds is 2. The van der Waals surface area contributed by atoms with E-state index in [-0.39, 0.29) is 17.6 Å². The molecule has 1 fully saturated rings. The van der Waals surface area contributed by atoms with E-state index in [0.29, 0.717) is 31.6 Å². The zero-order chi connectivity index (χ0) is 19.1. The molecule has 0 bridgehead atoms. The smallest absolute Gasteiger partial charge is 0.292 e. The highest BCUT2D eigenvalue weighted by Crippen LogP contribution is 2.50. The number of anilines is 2. The third-order valence-corrected chi connectivity index (χ3v) is 5.63. The van der Waals surface area contributed by atoms with Gasteiger partial charge >= 0.3 is 0 Å². The summed E-state index contributed by atoms with van der Waals surface area (Å²) in [5.74, 6) is 0.0341. The quantitative estimate of drug-likeness (QED) is 0.682. The number of piperidine rings is 1. The van der Waals surface area contributed by atoms with Crippen LogP contribution in [-0.4, -0.2) is 44.9 Å². The summed E-state index contributed by atoms with van der Waals surface area (Å²) < 4.78 is 4.99. The third-order valence-electron chi connectivity index (χ3n) is 5.63. The molecule has 5 rings (SSSR count). The van der Waals surface area contributed by atoms with E-state index in [0.717, 1.165) is 11.3 Å². The SMILES string of the molecule is O=C(c1ccno1)N1CCC2(CC1)C(=O)N(c1cncnc1)c1ccccc12. The maximum absolute atomic E-state index is 13.6. The minimum Gasteiger partial charge on any atom is -0.351 e. The fraction of sp³-hybridized carbons (Fsp3) is 0.250. The highest BCUT2D eigenvalue weighted by molar-refractivity contribution is 6.13. The van der Waals surface area contributed by atoms with Crippen LogP contribution in [0.2, 0.25) is 0 Å². The van der Waals surface area contributed by atoms with Crippen molar-refractivity contribution in [2.45, 2.75) is 18.3 Å². The number of nitrogens with zero attached hydrogens (tertiary/aromatic N) is 5. The van der Waals surface area contributed by atoms with Crippen LogP contribution in [0.1, 0.15) is 29.0 Å². The van der Waals surface area contributed by atoms with Gasteiger partial charge in [0.25, 0.3) is 5.91 Å². The fourth-order valence-corrected chi connectivity index (χ4v) is 4.23. The molecule has 1 saturated heterocycles. The Morgan fingerprint density at radius 3 is 2.54 bits per heavy atom. The average Bonchev–Trinajstić information content (AvgIpc) is 3.36. The van der Waals surface area contributed by atoms with Gasteiger partial charge in [-0.3, -0.25) is 14.5 Å². The van der Waals surface area contributed by atoms with E-state index < -0.39 is 5.41 Å². The molecule has 2 aliphatic rings. The Balaban J connectivity index is 1.48. The molecule has 0 unspecified atom stereocenters. The van der Waals surface area contributed by atoms with Crippen LogP contribution in [0.15, 0.2) is 59.8 Å². The number of amides is 2. The van der Waals surface area contributed by atoms with E-state index in [1.165, 1.54) is 12.5 Å². The molecule has 8 heteroatoms. The molecule has 0 N–H and O–H groups in total. The monoisotopic (exact) mass is 375 g/mol. The lowest BCUT2D eigenvalue weighted by Gasteiger charge is -2.38. The van der Waals surface area contributed by atoms with E-state index in [1.807, 2.05) is 24.3 Å². The Morgan fingerprint density at radius 2 is 1.82 bits per heavy atom. The number of carbonyl (C=O) groups excluding carboxylic acids is 2. The van der Waals surface area contributed by atoms with E-state index in [9.17, 15) is 9.59 Å². The van der Waals surface area contributed by atoms with E-state index in [2.05, 4.69) is 15.1 Å². The highest BCUT2D eigenvalue weighted by Gasteiger charge is 2.53. The largest absolute Gasteiger partial charge is 0.351 e. The van der Waals surface area contributed by atoms with Crippen molar-refractivity contribution >= 4 is 23.2 Å². The van der Waals surface area contributed by atoms with Gasteiger partial charge in [-0.05, 0) is 24.5 Å². The molecule has 1 spiro atoms. The first kappa shape index (κ1) is 16.6. The van der Waals surface area contributed by atoms with E-state index >= 15 is 0 Å². The van der Waals surface area contributed by atoms with E-state index in [1.54, 1.807) is 28.3 Å². The first-order valence-corrected chi connectivity index (χ1v) is 9.10. The Bertz CT molecular complexity index is 1030. The molecular weight excluding hydrogens is 358 g/mol. The maximum atomic E-state index is 13.6. The van der Waals surface area contributed by atoms with Crippen molar-refractivity contribution in [1.29, 1.82) is 0 Å². The number of aromatic nitrogens is 3. The zero-order valence-corrected chi connectivity index (χ0v) is 15.0. The number of para-hydroxylation sites is 1. The van der Waals surface area contributed by atoms with Gasteiger partial charge in [-0.1, -0.05) is 23.4 Å². The highest BCUT2D eigenvalue weighted by atomic mass is 16.5. The molecule has 8 nitrogen and oxygen atoms in total. The summed E-state index contributed by atoms with van der Waals surface area (Å²) in [6.45, 7) is 0.942. The molecule has 2 amide bonds. The second-order valence-electron chi connectivity index (χ2n) is 7.01. The van der Waals surface area contributed by atoms with Crippen LogP contribution in [0.4, 0.5) is 11.4 Å². The zero-order valence-electron chi connectivity index (χ0n) is 15.0. The molecule has 0 atom stereocenters. The van der Waals surface area contributed by atoms with Crippen molar-refractivity contribution in [3.63, 3.8) is 0 Å². The minimum atomic E-state index is -0.648.